The minimum atomic E-state index is 0.0146. The zero-order valence-corrected chi connectivity index (χ0v) is 13.0. The first-order valence-electron chi connectivity index (χ1n) is 6.52. The smallest absolute Gasteiger partial charge is 0.255 e. The Morgan fingerprint density at radius 3 is 2.55 bits per heavy atom. The van der Waals surface area contributed by atoms with E-state index in [0.29, 0.717) is 18.7 Å². The topological polar surface area (TPSA) is 33.2 Å². The summed E-state index contributed by atoms with van der Waals surface area (Å²) in [5, 5.41) is 0.755. The van der Waals surface area contributed by atoms with E-state index >= 15 is 0 Å². The monoisotopic (exact) mass is 332 g/mol. The van der Waals surface area contributed by atoms with Crippen molar-refractivity contribution < 1.29 is 4.79 Å². The summed E-state index contributed by atoms with van der Waals surface area (Å²) < 4.78 is 0. The number of rotatable bonds is 5. The molecule has 1 aromatic heterocycles. The van der Waals surface area contributed by atoms with Crippen molar-refractivity contribution in [3.63, 3.8) is 0 Å². The van der Waals surface area contributed by atoms with E-state index in [1.54, 1.807) is 6.20 Å². The van der Waals surface area contributed by atoms with E-state index in [-0.39, 0.29) is 5.91 Å². The summed E-state index contributed by atoms with van der Waals surface area (Å²) in [7, 11) is 0. The van der Waals surface area contributed by atoms with E-state index in [0.717, 1.165) is 16.6 Å². The number of pyridine rings is 1. The Morgan fingerprint density at radius 2 is 1.95 bits per heavy atom. The Morgan fingerprint density at radius 1 is 1.20 bits per heavy atom. The lowest BCUT2D eigenvalue weighted by atomic mass is 10.2. The van der Waals surface area contributed by atoms with Crippen molar-refractivity contribution in [1.82, 2.24) is 9.88 Å². The van der Waals surface area contributed by atoms with Crippen LogP contribution in [-0.4, -0.2) is 27.7 Å². The quantitative estimate of drug-likeness (QED) is 0.786. The van der Waals surface area contributed by atoms with Gasteiger partial charge in [0.05, 0.1) is 5.56 Å². The molecular weight excluding hydrogens is 316 g/mol. The van der Waals surface area contributed by atoms with Crippen molar-refractivity contribution in [2.45, 2.75) is 13.5 Å². The van der Waals surface area contributed by atoms with Crippen LogP contribution >= 0.6 is 15.9 Å². The molecule has 0 spiro atoms. The Bertz CT molecular complexity index is 554. The van der Waals surface area contributed by atoms with E-state index in [4.69, 9.17) is 0 Å². The van der Waals surface area contributed by atoms with Crippen LogP contribution in [0, 0.1) is 6.92 Å². The lowest BCUT2D eigenvalue weighted by Gasteiger charge is -2.22. The third-order valence-electron chi connectivity index (χ3n) is 3.02. The molecule has 0 saturated heterocycles. The molecule has 2 aromatic rings. The predicted octanol–water partition coefficient (Wildman–Crippen LogP) is 3.43. The fourth-order valence-electron chi connectivity index (χ4n) is 1.94. The van der Waals surface area contributed by atoms with Gasteiger partial charge < -0.3 is 4.90 Å². The third kappa shape index (κ3) is 3.90. The zero-order chi connectivity index (χ0) is 14.4. The molecule has 3 nitrogen and oxygen atoms in total. The second-order valence-corrected chi connectivity index (χ2v) is 5.38. The molecule has 0 unspecified atom stereocenters. The first kappa shape index (κ1) is 14.7. The van der Waals surface area contributed by atoms with Gasteiger partial charge in [0.1, 0.15) is 0 Å². The highest BCUT2D eigenvalue weighted by Crippen LogP contribution is 2.10. The number of aromatic nitrogens is 1. The molecule has 1 amide bonds. The molecule has 104 valence electrons. The van der Waals surface area contributed by atoms with Gasteiger partial charge >= 0.3 is 0 Å². The summed E-state index contributed by atoms with van der Waals surface area (Å²) in [5.41, 5.74) is 2.67. The third-order valence-corrected chi connectivity index (χ3v) is 3.37. The van der Waals surface area contributed by atoms with Gasteiger partial charge in [-0.25, -0.2) is 0 Å². The van der Waals surface area contributed by atoms with Crippen LogP contribution in [-0.2, 0) is 6.54 Å². The number of halogens is 1. The fourth-order valence-corrected chi connectivity index (χ4v) is 2.36. The summed E-state index contributed by atoms with van der Waals surface area (Å²) >= 11 is 3.41. The van der Waals surface area contributed by atoms with Crippen LogP contribution in [0.4, 0.5) is 0 Å². The van der Waals surface area contributed by atoms with Gasteiger partial charge in [0.25, 0.3) is 5.91 Å². The molecule has 20 heavy (non-hydrogen) atoms. The van der Waals surface area contributed by atoms with Gasteiger partial charge in [0, 0.05) is 30.3 Å². The first-order chi connectivity index (χ1) is 9.70. The number of hydrogen-bond donors (Lipinski definition) is 0. The number of amides is 1. The van der Waals surface area contributed by atoms with Crippen LogP contribution in [0.1, 0.15) is 21.6 Å². The van der Waals surface area contributed by atoms with Crippen molar-refractivity contribution in [3.8, 4) is 0 Å². The van der Waals surface area contributed by atoms with Gasteiger partial charge in [-0.3, -0.25) is 9.78 Å². The molecule has 0 N–H and O–H groups in total. The lowest BCUT2D eigenvalue weighted by Crippen LogP contribution is -2.32. The number of aryl methyl sites for hydroxylation is 1. The Labute approximate surface area is 127 Å². The normalized spacial score (nSPS) is 10.3. The van der Waals surface area contributed by atoms with Gasteiger partial charge in [-0.15, -0.1) is 0 Å². The standard InChI is InChI=1S/C16H17BrN2O/c1-13-7-8-15(11-18-13)16(20)19(10-9-17)12-14-5-3-2-4-6-14/h2-8,11H,9-10,12H2,1H3. The molecule has 0 bridgehead atoms. The molecule has 0 atom stereocenters. The number of nitrogens with zero attached hydrogens (tertiary/aromatic N) is 2. The highest BCUT2D eigenvalue weighted by Gasteiger charge is 2.15. The number of benzene rings is 1. The molecule has 0 aliphatic carbocycles. The van der Waals surface area contributed by atoms with Gasteiger partial charge in [0.2, 0.25) is 0 Å². The van der Waals surface area contributed by atoms with Gasteiger partial charge in [0.15, 0.2) is 0 Å². The van der Waals surface area contributed by atoms with Crippen LogP contribution in [0.25, 0.3) is 0 Å². The summed E-state index contributed by atoms with van der Waals surface area (Å²) in [4.78, 5) is 18.5. The molecule has 0 radical (unpaired) electrons. The molecule has 0 aliphatic rings. The largest absolute Gasteiger partial charge is 0.333 e. The molecule has 4 heteroatoms. The van der Waals surface area contributed by atoms with Crippen molar-refractivity contribution >= 4 is 21.8 Å². The fraction of sp³-hybridized carbons (Fsp3) is 0.250. The molecule has 0 saturated carbocycles. The lowest BCUT2D eigenvalue weighted by molar-refractivity contribution is 0.0754. The van der Waals surface area contributed by atoms with E-state index in [1.165, 1.54) is 0 Å². The van der Waals surface area contributed by atoms with Crippen molar-refractivity contribution in [1.29, 1.82) is 0 Å². The number of alkyl halides is 1. The maximum absolute atomic E-state index is 12.5. The van der Waals surface area contributed by atoms with E-state index in [2.05, 4.69) is 20.9 Å². The van der Waals surface area contributed by atoms with Gasteiger partial charge in [-0.2, -0.15) is 0 Å². The Balaban J connectivity index is 2.15. The van der Waals surface area contributed by atoms with E-state index in [1.807, 2.05) is 54.3 Å². The maximum atomic E-state index is 12.5. The summed E-state index contributed by atoms with van der Waals surface area (Å²) in [5.74, 6) is 0.0146. The van der Waals surface area contributed by atoms with Gasteiger partial charge in [-0.05, 0) is 24.6 Å². The highest BCUT2D eigenvalue weighted by atomic mass is 79.9. The molecule has 0 fully saturated rings. The van der Waals surface area contributed by atoms with Crippen LogP contribution < -0.4 is 0 Å². The predicted molar refractivity (Wildman–Crippen MR) is 84.0 cm³/mol. The SMILES string of the molecule is Cc1ccc(C(=O)N(CCBr)Cc2ccccc2)cn1. The summed E-state index contributed by atoms with van der Waals surface area (Å²) in [6.45, 7) is 3.19. The zero-order valence-electron chi connectivity index (χ0n) is 11.4. The van der Waals surface area contributed by atoms with Gasteiger partial charge in [-0.1, -0.05) is 46.3 Å². The summed E-state index contributed by atoms with van der Waals surface area (Å²) in [6.07, 6.45) is 1.64. The molecule has 1 heterocycles. The first-order valence-corrected chi connectivity index (χ1v) is 7.64. The number of carbonyl (C=O) groups is 1. The van der Waals surface area contributed by atoms with E-state index in [9.17, 15) is 4.79 Å². The molecular formula is C16H17BrN2O. The number of hydrogen-bond acceptors (Lipinski definition) is 2. The number of carbonyl (C=O) groups excluding carboxylic acids is 1. The second-order valence-electron chi connectivity index (χ2n) is 4.59. The Kier molecular flexibility index (Phi) is 5.30. The summed E-state index contributed by atoms with van der Waals surface area (Å²) in [6, 6.07) is 13.7. The average molecular weight is 333 g/mol. The van der Waals surface area contributed by atoms with Crippen molar-refractivity contribution in [2.24, 2.45) is 0 Å². The van der Waals surface area contributed by atoms with Crippen LogP contribution in [0.2, 0.25) is 0 Å². The van der Waals surface area contributed by atoms with Crippen LogP contribution in [0.3, 0.4) is 0 Å². The minimum absolute atomic E-state index is 0.0146. The Hall–Kier alpha value is -1.68. The molecule has 0 aliphatic heterocycles. The maximum Gasteiger partial charge on any atom is 0.255 e. The highest BCUT2D eigenvalue weighted by molar-refractivity contribution is 9.09. The molecule has 1 aromatic carbocycles. The average Bonchev–Trinajstić information content (AvgIpc) is 2.48. The van der Waals surface area contributed by atoms with E-state index < -0.39 is 0 Å². The van der Waals surface area contributed by atoms with Crippen molar-refractivity contribution in [2.75, 3.05) is 11.9 Å². The van der Waals surface area contributed by atoms with Crippen molar-refractivity contribution in [3.05, 3.63) is 65.5 Å². The molecule has 2 rings (SSSR count). The second kappa shape index (κ2) is 7.20. The van der Waals surface area contributed by atoms with Crippen LogP contribution in [0.15, 0.2) is 48.7 Å². The minimum Gasteiger partial charge on any atom is -0.333 e. The van der Waals surface area contributed by atoms with Crippen LogP contribution in [0.5, 0.6) is 0 Å².